The molecule has 3 nitrogen and oxygen atoms in total. The molecule has 0 spiro atoms. The maximum absolute atomic E-state index is 13.6. The average Bonchev–Trinajstić information content (AvgIpc) is 3.10. The molecule has 5 aromatic rings. The molecule has 0 aliphatic carbocycles. The predicted octanol–water partition coefficient (Wildman–Crippen LogP) is 4.87. The number of halogens is 1. The van der Waals surface area contributed by atoms with E-state index in [1.54, 1.807) is 6.07 Å². The first-order valence-electron chi connectivity index (χ1n) is 7.08. The number of nitriles is 1. The largest absolute Gasteiger partial charge is 0.290 e. The number of hydrogen-bond donors (Lipinski definition) is 0. The smallest absolute Gasteiger partial charge is 0.156 e. The third-order valence-electron chi connectivity index (χ3n) is 4.07. The molecular formula is C18H8FN3S. The maximum Gasteiger partial charge on any atom is 0.156 e. The highest BCUT2D eigenvalue weighted by atomic mass is 32.1. The van der Waals surface area contributed by atoms with E-state index in [2.05, 4.69) is 11.1 Å². The molecule has 0 aliphatic rings. The highest BCUT2D eigenvalue weighted by Gasteiger charge is 2.16. The van der Waals surface area contributed by atoms with Gasteiger partial charge in [0.25, 0.3) is 0 Å². The second-order valence-electron chi connectivity index (χ2n) is 5.38. The molecule has 5 heteroatoms. The normalized spacial score (nSPS) is 11.7. The molecule has 0 radical (unpaired) electrons. The summed E-state index contributed by atoms with van der Waals surface area (Å²) < 4.78 is 17.4. The van der Waals surface area contributed by atoms with Crippen molar-refractivity contribution in [2.45, 2.75) is 0 Å². The number of hydrogen-bond acceptors (Lipinski definition) is 3. The van der Waals surface area contributed by atoms with Crippen LogP contribution in [-0.4, -0.2) is 9.38 Å². The van der Waals surface area contributed by atoms with Gasteiger partial charge < -0.3 is 0 Å². The van der Waals surface area contributed by atoms with Crippen molar-refractivity contribution in [1.82, 2.24) is 9.38 Å². The Morgan fingerprint density at radius 3 is 2.83 bits per heavy atom. The molecule has 0 aliphatic heterocycles. The van der Waals surface area contributed by atoms with E-state index >= 15 is 0 Å². The first kappa shape index (κ1) is 12.6. The number of para-hydroxylation sites is 2. The Balaban J connectivity index is 2.17. The molecule has 0 atom stereocenters. The number of rotatable bonds is 0. The SMILES string of the molecule is N#Cc1cc2sc3cc(F)ccc3c2n2c1nc1ccccc12. The molecule has 0 saturated carbocycles. The number of aromatic nitrogens is 2. The summed E-state index contributed by atoms with van der Waals surface area (Å²) in [5, 5.41) is 10.5. The van der Waals surface area contributed by atoms with Crippen LogP contribution in [0.3, 0.4) is 0 Å². The molecular weight excluding hydrogens is 309 g/mol. The van der Waals surface area contributed by atoms with E-state index in [-0.39, 0.29) is 5.82 Å². The lowest BCUT2D eigenvalue weighted by atomic mass is 10.2. The van der Waals surface area contributed by atoms with Crippen molar-refractivity contribution in [2.24, 2.45) is 0 Å². The standard InChI is InChI=1S/C18H8FN3S/c19-11-5-6-12-15(8-11)23-16-7-10(9-20)18-21-13-3-1-2-4-14(13)22(18)17(12)16/h1-8H. The summed E-state index contributed by atoms with van der Waals surface area (Å²) in [4.78, 5) is 4.61. The predicted molar refractivity (Wildman–Crippen MR) is 90.3 cm³/mol. The summed E-state index contributed by atoms with van der Waals surface area (Å²) in [6.07, 6.45) is 0. The minimum Gasteiger partial charge on any atom is -0.290 e. The topological polar surface area (TPSA) is 41.1 Å². The number of thiophene rings is 1. The lowest BCUT2D eigenvalue weighted by molar-refractivity contribution is 0.630. The van der Waals surface area contributed by atoms with Gasteiger partial charge >= 0.3 is 0 Å². The van der Waals surface area contributed by atoms with E-state index in [4.69, 9.17) is 0 Å². The Hall–Kier alpha value is -2.97. The molecule has 23 heavy (non-hydrogen) atoms. The van der Waals surface area contributed by atoms with Crippen molar-refractivity contribution < 1.29 is 4.39 Å². The maximum atomic E-state index is 13.6. The molecule has 0 amide bonds. The molecule has 2 aromatic carbocycles. The van der Waals surface area contributed by atoms with Gasteiger partial charge in [0.1, 0.15) is 11.9 Å². The fourth-order valence-corrected chi connectivity index (χ4v) is 4.27. The monoisotopic (exact) mass is 317 g/mol. The first-order valence-corrected chi connectivity index (χ1v) is 7.90. The number of imidazole rings is 1. The molecule has 5 rings (SSSR count). The van der Waals surface area contributed by atoms with Gasteiger partial charge in [0.05, 0.1) is 26.8 Å². The zero-order valence-corrected chi connectivity index (χ0v) is 12.6. The van der Waals surface area contributed by atoms with Crippen LogP contribution in [0, 0.1) is 17.1 Å². The van der Waals surface area contributed by atoms with Crippen LogP contribution in [-0.2, 0) is 0 Å². The van der Waals surface area contributed by atoms with Crippen LogP contribution in [0.2, 0.25) is 0 Å². The van der Waals surface area contributed by atoms with Gasteiger partial charge in [-0.05, 0) is 36.4 Å². The van der Waals surface area contributed by atoms with Crippen LogP contribution < -0.4 is 0 Å². The minimum absolute atomic E-state index is 0.253. The molecule has 0 unspecified atom stereocenters. The van der Waals surface area contributed by atoms with E-state index in [0.29, 0.717) is 11.2 Å². The van der Waals surface area contributed by atoms with Gasteiger partial charge in [-0.2, -0.15) is 5.26 Å². The lowest BCUT2D eigenvalue weighted by Gasteiger charge is -2.01. The Morgan fingerprint density at radius 2 is 1.96 bits per heavy atom. The van der Waals surface area contributed by atoms with Crippen LogP contribution in [0.5, 0.6) is 0 Å². The molecule has 0 saturated heterocycles. The number of nitrogens with zero attached hydrogens (tertiary/aromatic N) is 3. The van der Waals surface area contributed by atoms with Crippen molar-refractivity contribution in [2.75, 3.05) is 0 Å². The van der Waals surface area contributed by atoms with Gasteiger partial charge in [-0.15, -0.1) is 11.3 Å². The summed E-state index contributed by atoms with van der Waals surface area (Å²) in [7, 11) is 0. The van der Waals surface area contributed by atoms with Gasteiger partial charge in [0.15, 0.2) is 5.65 Å². The molecule has 0 bridgehead atoms. The Morgan fingerprint density at radius 1 is 1.09 bits per heavy atom. The van der Waals surface area contributed by atoms with Crippen LogP contribution in [0.4, 0.5) is 4.39 Å². The van der Waals surface area contributed by atoms with E-state index in [1.807, 2.05) is 34.7 Å². The number of fused-ring (bicyclic) bond motifs is 7. The quantitative estimate of drug-likeness (QED) is 0.409. The summed E-state index contributed by atoms with van der Waals surface area (Å²) >= 11 is 1.49. The average molecular weight is 317 g/mol. The Kier molecular flexibility index (Phi) is 2.34. The summed E-state index contributed by atoms with van der Waals surface area (Å²) in [6.45, 7) is 0. The summed E-state index contributed by atoms with van der Waals surface area (Å²) in [5.41, 5.74) is 3.95. The molecule has 3 aromatic heterocycles. The highest BCUT2D eigenvalue weighted by Crippen LogP contribution is 2.37. The Labute approximate surface area is 133 Å². The van der Waals surface area contributed by atoms with Crippen molar-refractivity contribution >= 4 is 48.3 Å². The summed E-state index contributed by atoms with van der Waals surface area (Å²) in [6, 6.07) is 16.7. The van der Waals surface area contributed by atoms with Gasteiger partial charge in [0, 0.05) is 10.1 Å². The molecule has 108 valence electrons. The Bertz CT molecular complexity index is 1290. The second-order valence-corrected chi connectivity index (χ2v) is 6.47. The van der Waals surface area contributed by atoms with Crippen LogP contribution >= 0.6 is 11.3 Å². The fraction of sp³-hybridized carbons (Fsp3) is 0. The van der Waals surface area contributed by atoms with E-state index < -0.39 is 0 Å². The van der Waals surface area contributed by atoms with Gasteiger partial charge in [-0.1, -0.05) is 12.1 Å². The van der Waals surface area contributed by atoms with E-state index in [9.17, 15) is 9.65 Å². The van der Waals surface area contributed by atoms with E-state index in [1.165, 1.54) is 23.5 Å². The molecule has 3 heterocycles. The van der Waals surface area contributed by atoms with Crippen LogP contribution in [0.1, 0.15) is 5.56 Å². The van der Waals surface area contributed by atoms with Crippen molar-refractivity contribution in [3.05, 3.63) is 59.9 Å². The zero-order chi connectivity index (χ0) is 15.6. The minimum atomic E-state index is -0.253. The summed E-state index contributed by atoms with van der Waals surface area (Å²) in [5.74, 6) is -0.253. The van der Waals surface area contributed by atoms with Gasteiger partial charge in [0.2, 0.25) is 0 Å². The van der Waals surface area contributed by atoms with E-state index in [0.717, 1.165) is 31.3 Å². The third kappa shape index (κ3) is 1.58. The third-order valence-corrected chi connectivity index (χ3v) is 5.16. The second kappa shape index (κ2) is 4.28. The van der Waals surface area contributed by atoms with Gasteiger partial charge in [-0.3, -0.25) is 4.40 Å². The van der Waals surface area contributed by atoms with Crippen molar-refractivity contribution in [3.8, 4) is 6.07 Å². The van der Waals surface area contributed by atoms with Gasteiger partial charge in [-0.25, -0.2) is 9.37 Å². The first-order chi connectivity index (χ1) is 11.3. The number of pyridine rings is 1. The fourth-order valence-electron chi connectivity index (χ4n) is 3.12. The van der Waals surface area contributed by atoms with Crippen LogP contribution in [0.15, 0.2) is 48.5 Å². The molecule has 0 N–H and O–H groups in total. The lowest BCUT2D eigenvalue weighted by Crippen LogP contribution is -1.90. The zero-order valence-electron chi connectivity index (χ0n) is 11.7. The van der Waals surface area contributed by atoms with Crippen LogP contribution in [0.25, 0.3) is 37.0 Å². The van der Waals surface area contributed by atoms with Crippen molar-refractivity contribution in [3.63, 3.8) is 0 Å². The molecule has 0 fully saturated rings. The van der Waals surface area contributed by atoms with Crippen molar-refractivity contribution in [1.29, 1.82) is 5.26 Å². The highest BCUT2D eigenvalue weighted by molar-refractivity contribution is 7.25. The number of benzene rings is 2.